The zero-order chi connectivity index (χ0) is 11.5. The Morgan fingerprint density at radius 1 is 1.38 bits per heavy atom. The summed E-state index contributed by atoms with van der Waals surface area (Å²) in [6.45, 7) is 4.09. The summed E-state index contributed by atoms with van der Waals surface area (Å²) in [7, 11) is 1.86. The molecule has 5 nitrogen and oxygen atoms in total. The number of aryl methyl sites for hydroxylation is 1. The molecule has 0 atom stereocenters. The molecule has 0 aliphatic heterocycles. The fourth-order valence-electron chi connectivity index (χ4n) is 1.67. The predicted octanol–water partition coefficient (Wildman–Crippen LogP) is 1.57. The first kappa shape index (κ1) is 10.6. The van der Waals surface area contributed by atoms with Gasteiger partial charge < -0.3 is 5.32 Å². The molecular formula is C11H15N5. The molecule has 0 aromatic carbocycles. The largest absolute Gasteiger partial charge is 0.373 e. The Labute approximate surface area is 94.5 Å². The SMILES string of the molecule is CCc1c(NC)ncnc1-n1cc(C)cn1. The summed E-state index contributed by atoms with van der Waals surface area (Å²) in [6.07, 6.45) is 6.20. The molecule has 0 fully saturated rings. The van der Waals surface area contributed by atoms with Crippen molar-refractivity contribution in [3.63, 3.8) is 0 Å². The predicted molar refractivity (Wildman–Crippen MR) is 62.8 cm³/mol. The van der Waals surface area contributed by atoms with Crippen LogP contribution < -0.4 is 5.32 Å². The van der Waals surface area contributed by atoms with E-state index in [9.17, 15) is 0 Å². The number of hydrogen-bond acceptors (Lipinski definition) is 4. The molecule has 5 heteroatoms. The standard InChI is InChI=1S/C11H15N5/c1-4-9-10(12-3)13-7-14-11(9)16-6-8(2)5-15-16/h5-7H,4H2,1-3H3,(H,12,13,14). The molecule has 2 heterocycles. The molecule has 1 N–H and O–H groups in total. The fourth-order valence-corrected chi connectivity index (χ4v) is 1.67. The molecule has 0 amide bonds. The third kappa shape index (κ3) is 1.76. The zero-order valence-corrected chi connectivity index (χ0v) is 9.73. The molecular weight excluding hydrogens is 202 g/mol. The van der Waals surface area contributed by atoms with Crippen molar-refractivity contribution in [2.45, 2.75) is 20.3 Å². The molecule has 0 saturated heterocycles. The fraction of sp³-hybridized carbons (Fsp3) is 0.364. The summed E-state index contributed by atoms with van der Waals surface area (Å²) in [5, 5.41) is 7.34. The Kier molecular flexibility index (Phi) is 2.85. The van der Waals surface area contributed by atoms with Gasteiger partial charge in [0.2, 0.25) is 0 Å². The number of nitrogens with one attached hydrogen (secondary N) is 1. The Morgan fingerprint density at radius 3 is 2.75 bits per heavy atom. The maximum atomic E-state index is 4.29. The van der Waals surface area contributed by atoms with E-state index in [-0.39, 0.29) is 0 Å². The van der Waals surface area contributed by atoms with Crippen molar-refractivity contribution < 1.29 is 0 Å². The lowest BCUT2D eigenvalue weighted by molar-refractivity contribution is 0.819. The zero-order valence-electron chi connectivity index (χ0n) is 9.73. The first-order valence-corrected chi connectivity index (χ1v) is 5.29. The Hall–Kier alpha value is -1.91. The number of nitrogens with zero attached hydrogens (tertiary/aromatic N) is 4. The van der Waals surface area contributed by atoms with Crippen molar-refractivity contribution in [1.29, 1.82) is 0 Å². The highest BCUT2D eigenvalue weighted by atomic mass is 15.3. The first-order valence-electron chi connectivity index (χ1n) is 5.29. The van der Waals surface area contributed by atoms with E-state index in [0.717, 1.165) is 29.2 Å². The second-order valence-corrected chi connectivity index (χ2v) is 3.59. The maximum absolute atomic E-state index is 4.29. The van der Waals surface area contributed by atoms with Gasteiger partial charge in [0.05, 0.1) is 6.20 Å². The van der Waals surface area contributed by atoms with Crippen LogP contribution in [0.3, 0.4) is 0 Å². The van der Waals surface area contributed by atoms with Crippen molar-refractivity contribution in [2.75, 3.05) is 12.4 Å². The Bertz CT molecular complexity index is 489. The van der Waals surface area contributed by atoms with Gasteiger partial charge in [0.25, 0.3) is 0 Å². The van der Waals surface area contributed by atoms with E-state index in [4.69, 9.17) is 0 Å². The van der Waals surface area contributed by atoms with Gasteiger partial charge in [0, 0.05) is 18.8 Å². The summed E-state index contributed by atoms with van der Waals surface area (Å²) in [5.41, 5.74) is 2.19. The van der Waals surface area contributed by atoms with Crippen LogP contribution in [0.1, 0.15) is 18.1 Å². The van der Waals surface area contributed by atoms with Crippen molar-refractivity contribution in [1.82, 2.24) is 19.7 Å². The monoisotopic (exact) mass is 217 g/mol. The van der Waals surface area contributed by atoms with Crippen LogP contribution in [-0.2, 0) is 6.42 Å². The van der Waals surface area contributed by atoms with E-state index in [1.165, 1.54) is 0 Å². The molecule has 2 aromatic heterocycles. The average Bonchev–Trinajstić information content (AvgIpc) is 2.74. The van der Waals surface area contributed by atoms with Gasteiger partial charge in [-0.25, -0.2) is 14.6 Å². The highest BCUT2D eigenvalue weighted by Gasteiger charge is 2.10. The number of rotatable bonds is 3. The van der Waals surface area contributed by atoms with Gasteiger partial charge in [0.15, 0.2) is 5.82 Å². The minimum atomic E-state index is 0.843. The van der Waals surface area contributed by atoms with E-state index in [1.54, 1.807) is 11.0 Å². The number of anilines is 1. The van der Waals surface area contributed by atoms with Crippen molar-refractivity contribution in [2.24, 2.45) is 0 Å². The molecule has 16 heavy (non-hydrogen) atoms. The average molecular weight is 217 g/mol. The lowest BCUT2D eigenvalue weighted by Crippen LogP contribution is -2.07. The van der Waals surface area contributed by atoms with Gasteiger partial charge in [-0.15, -0.1) is 0 Å². The maximum Gasteiger partial charge on any atom is 0.161 e. The van der Waals surface area contributed by atoms with Crippen LogP contribution in [0.15, 0.2) is 18.7 Å². The minimum Gasteiger partial charge on any atom is -0.373 e. The summed E-state index contributed by atoms with van der Waals surface area (Å²) in [6, 6.07) is 0. The smallest absolute Gasteiger partial charge is 0.161 e. The summed E-state index contributed by atoms with van der Waals surface area (Å²) in [4.78, 5) is 8.49. The molecule has 0 aliphatic carbocycles. The van der Waals surface area contributed by atoms with E-state index in [1.807, 2.05) is 26.4 Å². The van der Waals surface area contributed by atoms with Crippen LogP contribution in [-0.4, -0.2) is 26.8 Å². The van der Waals surface area contributed by atoms with Crippen LogP contribution in [0.2, 0.25) is 0 Å². The molecule has 0 spiro atoms. The molecule has 84 valence electrons. The molecule has 2 aromatic rings. The highest BCUT2D eigenvalue weighted by Crippen LogP contribution is 2.18. The van der Waals surface area contributed by atoms with Crippen LogP contribution in [0.25, 0.3) is 5.82 Å². The first-order chi connectivity index (χ1) is 7.76. The van der Waals surface area contributed by atoms with E-state index >= 15 is 0 Å². The van der Waals surface area contributed by atoms with E-state index in [0.29, 0.717) is 0 Å². The van der Waals surface area contributed by atoms with Crippen molar-refractivity contribution >= 4 is 5.82 Å². The van der Waals surface area contributed by atoms with Gasteiger partial charge in [-0.05, 0) is 18.9 Å². The third-order valence-corrected chi connectivity index (χ3v) is 2.44. The Balaban J connectivity index is 2.56. The molecule has 2 rings (SSSR count). The molecule has 0 aliphatic rings. The quantitative estimate of drug-likeness (QED) is 0.848. The summed E-state index contributed by atoms with van der Waals surface area (Å²) >= 11 is 0. The van der Waals surface area contributed by atoms with Crippen LogP contribution in [0.4, 0.5) is 5.82 Å². The minimum absolute atomic E-state index is 0.843. The number of hydrogen-bond donors (Lipinski definition) is 1. The van der Waals surface area contributed by atoms with Crippen LogP contribution in [0.5, 0.6) is 0 Å². The molecule has 0 unspecified atom stereocenters. The van der Waals surface area contributed by atoms with Gasteiger partial charge in [-0.3, -0.25) is 0 Å². The third-order valence-electron chi connectivity index (χ3n) is 2.44. The van der Waals surface area contributed by atoms with Crippen LogP contribution >= 0.6 is 0 Å². The number of aromatic nitrogens is 4. The second-order valence-electron chi connectivity index (χ2n) is 3.59. The van der Waals surface area contributed by atoms with E-state index < -0.39 is 0 Å². The molecule has 0 saturated carbocycles. The Morgan fingerprint density at radius 2 is 2.19 bits per heavy atom. The summed E-state index contributed by atoms with van der Waals surface area (Å²) in [5.74, 6) is 1.70. The topological polar surface area (TPSA) is 55.6 Å². The van der Waals surface area contributed by atoms with Gasteiger partial charge in [-0.2, -0.15) is 5.10 Å². The normalized spacial score (nSPS) is 10.4. The second kappa shape index (κ2) is 4.30. The molecule has 0 radical (unpaired) electrons. The van der Waals surface area contributed by atoms with Gasteiger partial charge >= 0.3 is 0 Å². The lowest BCUT2D eigenvalue weighted by Gasteiger charge is -2.10. The highest BCUT2D eigenvalue weighted by molar-refractivity contribution is 5.51. The summed E-state index contributed by atoms with van der Waals surface area (Å²) < 4.78 is 1.79. The van der Waals surface area contributed by atoms with Gasteiger partial charge in [-0.1, -0.05) is 6.92 Å². The van der Waals surface area contributed by atoms with Crippen molar-refractivity contribution in [3.8, 4) is 5.82 Å². The molecule has 0 bridgehead atoms. The van der Waals surface area contributed by atoms with E-state index in [2.05, 4.69) is 27.3 Å². The van der Waals surface area contributed by atoms with Crippen molar-refractivity contribution in [3.05, 3.63) is 29.8 Å². The van der Waals surface area contributed by atoms with Crippen LogP contribution in [0, 0.1) is 6.92 Å². The van der Waals surface area contributed by atoms with Gasteiger partial charge in [0.1, 0.15) is 12.1 Å². The lowest BCUT2D eigenvalue weighted by atomic mass is 10.2.